The highest BCUT2D eigenvalue weighted by Crippen LogP contribution is 2.39. The fraction of sp³-hybridized carbons (Fsp3) is 0.700. The van der Waals surface area contributed by atoms with Gasteiger partial charge in [0.05, 0.1) is 19.3 Å². The lowest BCUT2D eigenvalue weighted by Crippen LogP contribution is -2.48. The van der Waals surface area contributed by atoms with Gasteiger partial charge in [0.1, 0.15) is 0 Å². The standard InChI is InChI=1S/C20H36O3Si/c1-16(13-21)19(23-24(6,7)20(3,4)5)17(2)14-22-15-18-11-9-8-10-12-18/h8-12,16-17,19,21H,13-15H2,1-7H3. The maximum atomic E-state index is 9.65. The lowest BCUT2D eigenvalue weighted by Gasteiger charge is -2.42. The Morgan fingerprint density at radius 1 is 1.04 bits per heavy atom. The van der Waals surface area contributed by atoms with Gasteiger partial charge in [-0.3, -0.25) is 0 Å². The minimum Gasteiger partial charge on any atom is -0.413 e. The van der Waals surface area contributed by atoms with Gasteiger partial charge < -0.3 is 14.3 Å². The molecular weight excluding hydrogens is 316 g/mol. The summed E-state index contributed by atoms with van der Waals surface area (Å²) in [7, 11) is -1.88. The van der Waals surface area contributed by atoms with Crippen molar-refractivity contribution in [2.75, 3.05) is 13.2 Å². The molecule has 3 atom stereocenters. The van der Waals surface area contributed by atoms with Gasteiger partial charge in [-0.25, -0.2) is 0 Å². The molecule has 1 aromatic rings. The molecule has 0 aliphatic carbocycles. The zero-order valence-electron chi connectivity index (χ0n) is 16.5. The first-order chi connectivity index (χ1) is 11.1. The third kappa shape index (κ3) is 6.32. The SMILES string of the molecule is CC(CO)C(O[Si](C)(C)C(C)(C)C)C(C)COCc1ccccc1. The Bertz CT molecular complexity index is 468. The summed E-state index contributed by atoms with van der Waals surface area (Å²) in [4.78, 5) is 0. The van der Waals surface area contributed by atoms with Crippen molar-refractivity contribution in [1.82, 2.24) is 0 Å². The van der Waals surface area contributed by atoms with E-state index in [0.717, 1.165) is 0 Å². The largest absolute Gasteiger partial charge is 0.413 e. The Morgan fingerprint density at radius 3 is 2.12 bits per heavy atom. The number of aliphatic hydroxyl groups is 1. The van der Waals surface area contributed by atoms with Crippen LogP contribution >= 0.6 is 0 Å². The maximum Gasteiger partial charge on any atom is 0.192 e. The Balaban J connectivity index is 2.66. The van der Waals surface area contributed by atoms with Crippen LogP contribution in [0.2, 0.25) is 18.1 Å². The number of benzene rings is 1. The molecule has 3 nitrogen and oxygen atoms in total. The molecular formula is C20H36O3Si. The summed E-state index contributed by atoms with van der Waals surface area (Å²) >= 11 is 0. The zero-order chi connectivity index (χ0) is 18.4. The van der Waals surface area contributed by atoms with Crippen LogP contribution in [0.1, 0.15) is 40.2 Å². The Kier molecular flexibility index (Phi) is 8.13. The summed E-state index contributed by atoms with van der Waals surface area (Å²) in [6.07, 6.45) is 0.0201. The van der Waals surface area contributed by atoms with Crippen molar-refractivity contribution in [3.8, 4) is 0 Å². The lowest BCUT2D eigenvalue weighted by molar-refractivity contribution is -0.00217. The van der Waals surface area contributed by atoms with Gasteiger partial charge in [-0.05, 0) is 23.7 Å². The first-order valence-corrected chi connectivity index (χ1v) is 11.9. The van der Waals surface area contributed by atoms with Crippen LogP contribution in [0.3, 0.4) is 0 Å². The molecule has 1 N–H and O–H groups in total. The van der Waals surface area contributed by atoms with Gasteiger partial charge in [0.15, 0.2) is 8.32 Å². The summed E-state index contributed by atoms with van der Waals surface area (Å²) in [5.74, 6) is 0.347. The molecule has 3 unspecified atom stereocenters. The second-order valence-corrected chi connectivity index (χ2v) is 13.2. The molecule has 0 radical (unpaired) electrons. The highest BCUT2D eigenvalue weighted by Gasteiger charge is 2.41. The molecule has 0 bridgehead atoms. The van der Waals surface area contributed by atoms with E-state index in [9.17, 15) is 5.11 Å². The number of rotatable bonds is 9. The Morgan fingerprint density at radius 2 is 1.62 bits per heavy atom. The van der Waals surface area contributed by atoms with E-state index in [1.54, 1.807) is 0 Å². The van der Waals surface area contributed by atoms with E-state index in [-0.39, 0.29) is 29.6 Å². The average Bonchev–Trinajstić information content (AvgIpc) is 2.51. The molecule has 0 saturated heterocycles. The average molecular weight is 353 g/mol. The molecule has 24 heavy (non-hydrogen) atoms. The second kappa shape index (κ2) is 9.14. The molecule has 0 heterocycles. The van der Waals surface area contributed by atoms with Crippen LogP contribution in [-0.2, 0) is 15.8 Å². The smallest absolute Gasteiger partial charge is 0.192 e. The quantitative estimate of drug-likeness (QED) is 0.645. The van der Waals surface area contributed by atoms with Gasteiger partial charge in [0.2, 0.25) is 0 Å². The first-order valence-electron chi connectivity index (χ1n) is 8.99. The van der Waals surface area contributed by atoms with Crippen LogP contribution in [-0.4, -0.2) is 32.7 Å². The molecule has 0 saturated carbocycles. The van der Waals surface area contributed by atoms with Gasteiger partial charge in [-0.2, -0.15) is 0 Å². The number of hydrogen-bond acceptors (Lipinski definition) is 3. The van der Waals surface area contributed by atoms with E-state index >= 15 is 0 Å². The van der Waals surface area contributed by atoms with E-state index < -0.39 is 8.32 Å². The van der Waals surface area contributed by atoms with Crippen molar-refractivity contribution in [1.29, 1.82) is 0 Å². The zero-order valence-corrected chi connectivity index (χ0v) is 17.5. The molecule has 0 spiro atoms. The second-order valence-electron chi connectivity index (χ2n) is 8.48. The fourth-order valence-electron chi connectivity index (χ4n) is 2.45. The molecule has 1 rings (SSSR count). The van der Waals surface area contributed by atoms with Gasteiger partial charge in [0.25, 0.3) is 0 Å². The predicted octanol–water partition coefficient (Wildman–Crippen LogP) is 4.86. The predicted molar refractivity (Wildman–Crippen MR) is 104 cm³/mol. The van der Waals surface area contributed by atoms with E-state index in [4.69, 9.17) is 9.16 Å². The Hall–Kier alpha value is -0.683. The minimum atomic E-state index is -1.88. The summed E-state index contributed by atoms with van der Waals surface area (Å²) in [6.45, 7) is 16.9. The van der Waals surface area contributed by atoms with Crippen molar-refractivity contribution in [3.63, 3.8) is 0 Å². The molecule has 0 aromatic heterocycles. The summed E-state index contributed by atoms with van der Waals surface area (Å²) in [6, 6.07) is 10.2. The normalized spacial score (nSPS) is 16.7. The highest BCUT2D eigenvalue weighted by molar-refractivity contribution is 6.74. The van der Waals surface area contributed by atoms with Gasteiger partial charge >= 0.3 is 0 Å². The number of ether oxygens (including phenoxy) is 1. The molecule has 4 heteroatoms. The summed E-state index contributed by atoms with van der Waals surface area (Å²) < 4.78 is 12.5. The van der Waals surface area contributed by atoms with Crippen LogP contribution in [0.4, 0.5) is 0 Å². The van der Waals surface area contributed by atoms with E-state index in [1.165, 1.54) is 5.56 Å². The minimum absolute atomic E-state index is 0.0201. The van der Waals surface area contributed by atoms with E-state index in [0.29, 0.717) is 13.2 Å². The van der Waals surface area contributed by atoms with Crippen LogP contribution in [0.5, 0.6) is 0 Å². The van der Waals surface area contributed by atoms with Crippen LogP contribution in [0.25, 0.3) is 0 Å². The first kappa shape index (κ1) is 21.4. The van der Waals surface area contributed by atoms with Crippen LogP contribution < -0.4 is 0 Å². The van der Waals surface area contributed by atoms with Gasteiger partial charge in [-0.1, -0.05) is 65.0 Å². The number of hydrogen-bond donors (Lipinski definition) is 1. The molecule has 0 fully saturated rings. The van der Waals surface area contributed by atoms with Crippen LogP contribution in [0.15, 0.2) is 30.3 Å². The van der Waals surface area contributed by atoms with Crippen molar-refractivity contribution in [2.45, 2.75) is 65.5 Å². The molecule has 0 amide bonds. The third-order valence-electron chi connectivity index (χ3n) is 5.14. The van der Waals surface area contributed by atoms with Crippen molar-refractivity contribution in [3.05, 3.63) is 35.9 Å². The third-order valence-corrected chi connectivity index (χ3v) is 9.61. The molecule has 0 aliphatic heterocycles. The molecule has 0 aliphatic rings. The van der Waals surface area contributed by atoms with E-state index in [2.05, 4.69) is 59.8 Å². The monoisotopic (exact) mass is 352 g/mol. The maximum absolute atomic E-state index is 9.65. The number of aliphatic hydroxyl groups excluding tert-OH is 1. The summed E-state index contributed by atoms with van der Waals surface area (Å²) in [5, 5.41) is 9.81. The molecule has 138 valence electrons. The highest BCUT2D eigenvalue weighted by atomic mass is 28.4. The fourth-order valence-corrected chi connectivity index (χ4v) is 3.94. The molecule has 1 aromatic carbocycles. The lowest BCUT2D eigenvalue weighted by atomic mass is 9.95. The van der Waals surface area contributed by atoms with Crippen molar-refractivity contribution >= 4 is 8.32 Å². The Labute approximate surface area is 149 Å². The summed E-state index contributed by atoms with van der Waals surface area (Å²) in [5.41, 5.74) is 1.18. The van der Waals surface area contributed by atoms with Gasteiger partial charge in [0, 0.05) is 18.4 Å². The van der Waals surface area contributed by atoms with E-state index in [1.807, 2.05) is 18.2 Å². The topological polar surface area (TPSA) is 38.7 Å². The van der Waals surface area contributed by atoms with Gasteiger partial charge in [-0.15, -0.1) is 0 Å². The van der Waals surface area contributed by atoms with Crippen molar-refractivity contribution in [2.24, 2.45) is 11.8 Å². The van der Waals surface area contributed by atoms with Crippen LogP contribution in [0, 0.1) is 11.8 Å². The van der Waals surface area contributed by atoms with Crippen molar-refractivity contribution < 1.29 is 14.3 Å².